The van der Waals surface area contributed by atoms with Gasteiger partial charge in [0.15, 0.2) is 0 Å². The Balaban J connectivity index is 2.86. The lowest BCUT2D eigenvalue weighted by atomic mass is 10.1. The van der Waals surface area contributed by atoms with Gasteiger partial charge in [0.2, 0.25) is 10.0 Å². The van der Waals surface area contributed by atoms with Crippen LogP contribution in [0.4, 0.5) is 0 Å². The Morgan fingerprint density at radius 1 is 1.38 bits per heavy atom. The number of benzene rings is 1. The number of methoxy groups -OCH3 is 1. The zero-order valence-electron chi connectivity index (χ0n) is 12.4. The van der Waals surface area contributed by atoms with E-state index in [0.717, 1.165) is 32.1 Å². The summed E-state index contributed by atoms with van der Waals surface area (Å²) in [4.78, 5) is 11.4. The molecule has 0 spiro atoms. The maximum Gasteiger partial charge on any atom is 0.341 e. The molecule has 1 aromatic rings. The molecular formula is C14H21NO5S. The largest absolute Gasteiger partial charge is 0.507 e. The minimum atomic E-state index is -3.71. The SMILES string of the molecule is COC(=O)c1cc(S(=O)(=O)NCCCC(C)C)ccc1O. The molecule has 0 aliphatic rings. The van der Waals surface area contributed by atoms with Crippen molar-refractivity contribution >= 4 is 16.0 Å². The highest BCUT2D eigenvalue weighted by molar-refractivity contribution is 7.89. The molecule has 21 heavy (non-hydrogen) atoms. The summed E-state index contributed by atoms with van der Waals surface area (Å²) in [6, 6.07) is 3.51. The fourth-order valence-electron chi connectivity index (χ4n) is 1.76. The van der Waals surface area contributed by atoms with Crippen LogP contribution in [0.2, 0.25) is 0 Å². The van der Waals surface area contributed by atoms with Crippen LogP contribution < -0.4 is 4.72 Å². The van der Waals surface area contributed by atoms with E-state index < -0.39 is 16.0 Å². The molecule has 1 aromatic carbocycles. The molecule has 0 saturated heterocycles. The fraction of sp³-hybridized carbons (Fsp3) is 0.500. The quantitative estimate of drug-likeness (QED) is 0.592. The Hall–Kier alpha value is -1.60. The summed E-state index contributed by atoms with van der Waals surface area (Å²) in [7, 11) is -2.55. The summed E-state index contributed by atoms with van der Waals surface area (Å²) in [5.74, 6) is -0.598. The molecule has 0 unspecified atom stereocenters. The molecule has 0 aliphatic carbocycles. The number of phenolic OH excluding ortho intramolecular Hbond substituents is 1. The van der Waals surface area contributed by atoms with E-state index in [4.69, 9.17) is 0 Å². The average Bonchev–Trinajstić information content (AvgIpc) is 2.43. The van der Waals surface area contributed by atoms with Gasteiger partial charge < -0.3 is 9.84 Å². The third-order valence-electron chi connectivity index (χ3n) is 2.93. The van der Waals surface area contributed by atoms with E-state index >= 15 is 0 Å². The van der Waals surface area contributed by atoms with Crippen molar-refractivity contribution in [2.75, 3.05) is 13.7 Å². The molecular weight excluding hydrogens is 294 g/mol. The third-order valence-corrected chi connectivity index (χ3v) is 4.39. The lowest BCUT2D eigenvalue weighted by Gasteiger charge is -2.09. The van der Waals surface area contributed by atoms with Crippen LogP contribution in [0.5, 0.6) is 5.75 Å². The molecule has 0 atom stereocenters. The first-order valence-electron chi connectivity index (χ1n) is 6.69. The third kappa shape index (κ3) is 5.02. The number of carbonyl (C=O) groups excluding carboxylic acids is 1. The van der Waals surface area contributed by atoms with Crippen LogP contribution in [0, 0.1) is 5.92 Å². The number of carbonyl (C=O) groups is 1. The average molecular weight is 315 g/mol. The number of sulfonamides is 1. The monoisotopic (exact) mass is 315 g/mol. The zero-order chi connectivity index (χ0) is 16.0. The molecule has 0 aliphatic heterocycles. The minimum absolute atomic E-state index is 0.0785. The topological polar surface area (TPSA) is 92.7 Å². The van der Waals surface area contributed by atoms with Crippen molar-refractivity contribution in [3.05, 3.63) is 23.8 Å². The number of esters is 1. The maximum absolute atomic E-state index is 12.1. The summed E-state index contributed by atoms with van der Waals surface area (Å²) < 4.78 is 31.2. The molecule has 0 fully saturated rings. The van der Waals surface area contributed by atoms with E-state index in [1.807, 2.05) is 0 Å². The van der Waals surface area contributed by atoms with Crippen LogP contribution in [-0.4, -0.2) is 33.1 Å². The van der Waals surface area contributed by atoms with Crippen LogP contribution in [0.25, 0.3) is 0 Å². The highest BCUT2D eigenvalue weighted by atomic mass is 32.2. The highest BCUT2D eigenvalue weighted by Gasteiger charge is 2.19. The molecule has 1 rings (SSSR count). The molecule has 6 nitrogen and oxygen atoms in total. The molecule has 0 saturated carbocycles. The predicted molar refractivity (Wildman–Crippen MR) is 78.7 cm³/mol. The second kappa shape index (κ2) is 7.42. The number of phenols is 1. The van der Waals surface area contributed by atoms with Gasteiger partial charge in [-0.1, -0.05) is 13.8 Å². The van der Waals surface area contributed by atoms with Crippen molar-refractivity contribution in [3.8, 4) is 5.75 Å². The second-order valence-corrected chi connectivity index (χ2v) is 6.87. The molecule has 118 valence electrons. The highest BCUT2D eigenvalue weighted by Crippen LogP contribution is 2.22. The van der Waals surface area contributed by atoms with E-state index in [9.17, 15) is 18.3 Å². The smallest absolute Gasteiger partial charge is 0.341 e. The first-order chi connectivity index (χ1) is 9.77. The molecule has 0 amide bonds. The standard InChI is InChI=1S/C14H21NO5S/c1-10(2)5-4-8-15-21(18,19)11-6-7-13(16)12(9-11)14(17)20-3/h6-7,9-10,15-16H,4-5,8H2,1-3H3. The van der Waals surface area contributed by atoms with Gasteiger partial charge in [0.25, 0.3) is 0 Å². The van der Waals surface area contributed by atoms with Gasteiger partial charge in [-0.15, -0.1) is 0 Å². The van der Waals surface area contributed by atoms with Crippen LogP contribution in [0.1, 0.15) is 37.0 Å². The summed E-state index contributed by atoms with van der Waals surface area (Å²) in [5, 5.41) is 9.56. The number of nitrogens with one attached hydrogen (secondary N) is 1. The van der Waals surface area contributed by atoms with Crippen molar-refractivity contribution in [1.29, 1.82) is 0 Å². The minimum Gasteiger partial charge on any atom is -0.507 e. The van der Waals surface area contributed by atoms with Crippen LogP contribution >= 0.6 is 0 Å². The van der Waals surface area contributed by atoms with E-state index in [2.05, 4.69) is 23.3 Å². The number of aromatic hydroxyl groups is 1. The van der Waals surface area contributed by atoms with Gasteiger partial charge in [-0.25, -0.2) is 17.9 Å². The van der Waals surface area contributed by atoms with Gasteiger partial charge >= 0.3 is 5.97 Å². The summed E-state index contributed by atoms with van der Waals surface area (Å²) in [5.41, 5.74) is -0.178. The van der Waals surface area contributed by atoms with Crippen LogP contribution in [0.15, 0.2) is 23.1 Å². The Labute approximate surface area is 125 Å². The molecule has 7 heteroatoms. The van der Waals surface area contributed by atoms with Crippen molar-refractivity contribution in [3.63, 3.8) is 0 Å². The van der Waals surface area contributed by atoms with Crippen LogP contribution in [-0.2, 0) is 14.8 Å². The number of hydrogen-bond acceptors (Lipinski definition) is 5. The summed E-state index contributed by atoms with van der Waals surface area (Å²) in [6.45, 7) is 4.46. The maximum atomic E-state index is 12.1. The summed E-state index contributed by atoms with van der Waals surface area (Å²) in [6.07, 6.45) is 1.66. The molecule has 2 N–H and O–H groups in total. The molecule has 0 aromatic heterocycles. The predicted octanol–water partition coefficient (Wildman–Crippen LogP) is 1.89. The zero-order valence-corrected chi connectivity index (χ0v) is 13.2. The van der Waals surface area contributed by atoms with E-state index in [1.54, 1.807) is 0 Å². The Bertz CT molecular complexity index is 595. The van der Waals surface area contributed by atoms with Gasteiger partial charge in [-0.2, -0.15) is 0 Å². The first kappa shape index (κ1) is 17.5. The summed E-state index contributed by atoms with van der Waals surface area (Å²) >= 11 is 0. The van der Waals surface area contributed by atoms with E-state index in [-0.39, 0.29) is 16.2 Å². The first-order valence-corrected chi connectivity index (χ1v) is 8.17. The van der Waals surface area contributed by atoms with Crippen molar-refractivity contribution in [2.45, 2.75) is 31.6 Å². The van der Waals surface area contributed by atoms with Crippen LogP contribution in [0.3, 0.4) is 0 Å². The van der Waals surface area contributed by atoms with Gasteiger partial charge in [-0.3, -0.25) is 0 Å². The Kier molecular flexibility index (Phi) is 6.17. The van der Waals surface area contributed by atoms with Gasteiger partial charge in [0, 0.05) is 6.54 Å². The lowest BCUT2D eigenvalue weighted by Crippen LogP contribution is -2.25. The Morgan fingerprint density at radius 3 is 2.62 bits per heavy atom. The van der Waals surface area contributed by atoms with Gasteiger partial charge in [0.05, 0.1) is 12.0 Å². The van der Waals surface area contributed by atoms with E-state index in [1.165, 1.54) is 6.07 Å². The normalized spacial score (nSPS) is 11.6. The van der Waals surface area contributed by atoms with Crippen molar-refractivity contribution in [2.24, 2.45) is 5.92 Å². The molecule has 0 heterocycles. The van der Waals surface area contributed by atoms with E-state index in [0.29, 0.717) is 12.5 Å². The second-order valence-electron chi connectivity index (χ2n) is 5.10. The number of hydrogen-bond donors (Lipinski definition) is 2. The van der Waals surface area contributed by atoms with Crippen molar-refractivity contribution in [1.82, 2.24) is 4.72 Å². The molecule has 0 bridgehead atoms. The van der Waals surface area contributed by atoms with Gasteiger partial charge in [-0.05, 0) is 37.0 Å². The number of rotatable bonds is 7. The van der Waals surface area contributed by atoms with Gasteiger partial charge in [0.1, 0.15) is 11.3 Å². The van der Waals surface area contributed by atoms with Crippen molar-refractivity contribution < 1.29 is 23.1 Å². The number of ether oxygens (including phenoxy) is 1. The lowest BCUT2D eigenvalue weighted by molar-refractivity contribution is 0.0597. The molecule has 0 radical (unpaired) electrons. The fourth-order valence-corrected chi connectivity index (χ4v) is 2.86. The Morgan fingerprint density at radius 2 is 2.05 bits per heavy atom.